The van der Waals surface area contributed by atoms with Crippen molar-refractivity contribution in [3.63, 3.8) is 0 Å². The summed E-state index contributed by atoms with van der Waals surface area (Å²) in [4.78, 5) is 15.8. The smallest absolute Gasteiger partial charge is 0.278 e. The fourth-order valence-corrected chi connectivity index (χ4v) is 4.35. The van der Waals surface area contributed by atoms with Crippen molar-refractivity contribution >= 4 is 5.91 Å². The highest BCUT2D eigenvalue weighted by Gasteiger charge is 2.31. The maximum atomic E-state index is 12.7. The Bertz CT molecular complexity index is 517. The van der Waals surface area contributed by atoms with E-state index in [0.717, 1.165) is 32.7 Å². The highest BCUT2D eigenvalue weighted by Crippen LogP contribution is 2.17. The van der Waals surface area contributed by atoms with Gasteiger partial charge < -0.3 is 15.1 Å². The second-order valence-corrected chi connectivity index (χ2v) is 7.99. The van der Waals surface area contributed by atoms with Gasteiger partial charge in [-0.1, -0.05) is 56.0 Å². The van der Waals surface area contributed by atoms with E-state index in [1.54, 1.807) is 4.90 Å². The highest BCUT2D eigenvalue weighted by atomic mass is 16.2. The Balaban J connectivity index is 1.42. The Morgan fingerprint density at radius 3 is 2.32 bits per heavy atom. The van der Waals surface area contributed by atoms with Gasteiger partial charge in [-0.05, 0) is 19.8 Å². The van der Waals surface area contributed by atoms with Crippen LogP contribution in [0.1, 0.15) is 51.0 Å². The van der Waals surface area contributed by atoms with E-state index in [1.165, 1.54) is 49.0 Å². The minimum Gasteiger partial charge on any atom is -0.348 e. The average Bonchev–Trinajstić information content (AvgIpc) is 2.91. The lowest BCUT2D eigenvalue weighted by Crippen LogP contribution is -3.29. The van der Waals surface area contributed by atoms with E-state index in [0.29, 0.717) is 6.04 Å². The van der Waals surface area contributed by atoms with Crippen LogP contribution in [0.5, 0.6) is 0 Å². The van der Waals surface area contributed by atoms with Gasteiger partial charge in [0, 0.05) is 11.6 Å². The van der Waals surface area contributed by atoms with Crippen LogP contribution < -0.4 is 15.1 Å². The lowest BCUT2D eigenvalue weighted by Gasteiger charge is -2.33. The minimum atomic E-state index is 0.0847. The molecule has 2 fully saturated rings. The summed E-state index contributed by atoms with van der Waals surface area (Å²) < 4.78 is 0. The summed E-state index contributed by atoms with van der Waals surface area (Å²) in [5, 5.41) is 3.34. The molecule has 0 spiro atoms. The van der Waals surface area contributed by atoms with Crippen molar-refractivity contribution in [2.45, 2.75) is 64.1 Å². The standard InChI is InChI=1S/C21H33N3O/c1-18(21(25)22-20-11-7-2-3-8-12-20)24-15-13-23(14-16-24)17-19-9-5-4-6-10-19/h4-6,9-10,18,20H,2-3,7-8,11-17H2,1H3,(H,22,25)/p+2/t18-/m0/s1. The first-order chi connectivity index (χ1) is 12.2. The van der Waals surface area contributed by atoms with Gasteiger partial charge in [-0.15, -0.1) is 0 Å². The summed E-state index contributed by atoms with van der Waals surface area (Å²) in [7, 11) is 0. The lowest BCUT2D eigenvalue weighted by molar-refractivity contribution is -1.02. The van der Waals surface area contributed by atoms with Gasteiger partial charge in [-0.25, -0.2) is 0 Å². The molecule has 1 saturated carbocycles. The zero-order valence-corrected chi connectivity index (χ0v) is 15.7. The first kappa shape index (κ1) is 18.4. The molecule has 1 aliphatic carbocycles. The Labute approximate surface area is 152 Å². The van der Waals surface area contributed by atoms with Crippen LogP contribution in [-0.2, 0) is 11.3 Å². The number of nitrogens with one attached hydrogen (secondary N) is 3. The topological polar surface area (TPSA) is 38.0 Å². The Hall–Kier alpha value is -1.39. The van der Waals surface area contributed by atoms with Gasteiger partial charge in [0.2, 0.25) is 0 Å². The van der Waals surface area contributed by atoms with Crippen LogP contribution in [0, 0.1) is 0 Å². The van der Waals surface area contributed by atoms with Crippen LogP contribution in [0.2, 0.25) is 0 Å². The maximum Gasteiger partial charge on any atom is 0.278 e. The number of rotatable bonds is 5. The van der Waals surface area contributed by atoms with Gasteiger partial charge in [-0.2, -0.15) is 0 Å². The molecule has 0 aromatic heterocycles. The van der Waals surface area contributed by atoms with E-state index < -0.39 is 0 Å². The summed E-state index contributed by atoms with van der Waals surface area (Å²) in [5.74, 6) is 0.272. The SMILES string of the molecule is C[C@@H](C(=O)NC1CCCCCC1)[NH+]1CC[NH+](Cc2ccccc2)CC1. The Kier molecular flexibility index (Phi) is 6.88. The number of quaternary nitrogens is 2. The molecule has 1 amide bonds. The first-order valence-corrected chi connectivity index (χ1v) is 10.2. The van der Waals surface area contributed by atoms with Crippen LogP contribution in [-0.4, -0.2) is 44.2 Å². The number of hydrogen-bond donors (Lipinski definition) is 3. The van der Waals surface area contributed by atoms with Crippen molar-refractivity contribution in [1.82, 2.24) is 5.32 Å². The third-order valence-electron chi connectivity index (χ3n) is 6.10. The fraction of sp³-hybridized carbons (Fsp3) is 0.667. The largest absolute Gasteiger partial charge is 0.348 e. The van der Waals surface area contributed by atoms with Crippen LogP contribution in [0.4, 0.5) is 0 Å². The number of carbonyl (C=O) groups excluding carboxylic acids is 1. The molecular formula is C21H35N3O+2. The van der Waals surface area contributed by atoms with Crippen molar-refractivity contribution in [2.24, 2.45) is 0 Å². The second kappa shape index (κ2) is 9.35. The van der Waals surface area contributed by atoms with E-state index in [2.05, 4.69) is 42.6 Å². The van der Waals surface area contributed by atoms with Crippen LogP contribution >= 0.6 is 0 Å². The van der Waals surface area contributed by atoms with Gasteiger partial charge >= 0.3 is 0 Å². The molecule has 3 rings (SSSR count). The summed E-state index contributed by atoms with van der Waals surface area (Å²) in [6.07, 6.45) is 7.55. The van der Waals surface area contributed by atoms with Gasteiger partial charge in [-0.3, -0.25) is 4.79 Å². The van der Waals surface area contributed by atoms with Crippen LogP contribution in [0.15, 0.2) is 30.3 Å². The molecule has 1 aromatic rings. The van der Waals surface area contributed by atoms with Gasteiger partial charge in [0.25, 0.3) is 5.91 Å². The molecule has 4 heteroatoms. The summed E-state index contributed by atoms with van der Waals surface area (Å²) >= 11 is 0. The van der Waals surface area contributed by atoms with Crippen molar-refractivity contribution in [1.29, 1.82) is 0 Å². The van der Waals surface area contributed by atoms with Gasteiger partial charge in [0.15, 0.2) is 6.04 Å². The van der Waals surface area contributed by atoms with Crippen molar-refractivity contribution in [2.75, 3.05) is 26.2 Å². The Morgan fingerprint density at radius 2 is 1.68 bits per heavy atom. The number of piperazine rings is 1. The molecule has 4 nitrogen and oxygen atoms in total. The molecule has 25 heavy (non-hydrogen) atoms. The minimum absolute atomic E-state index is 0.0847. The predicted molar refractivity (Wildman–Crippen MR) is 101 cm³/mol. The van der Waals surface area contributed by atoms with E-state index in [4.69, 9.17) is 0 Å². The second-order valence-electron chi connectivity index (χ2n) is 7.99. The van der Waals surface area contributed by atoms with Crippen molar-refractivity contribution < 1.29 is 14.6 Å². The molecule has 1 atom stereocenters. The molecule has 1 aliphatic heterocycles. The summed E-state index contributed by atoms with van der Waals surface area (Å²) in [6.45, 7) is 7.74. The third kappa shape index (κ3) is 5.55. The zero-order valence-electron chi connectivity index (χ0n) is 15.7. The highest BCUT2D eigenvalue weighted by molar-refractivity contribution is 5.80. The quantitative estimate of drug-likeness (QED) is 0.655. The first-order valence-electron chi connectivity index (χ1n) is 10.2. The number of carbonyl (C=O) groups is 1. The van der Waals surface area contributed by atoms with Crippen molar-refractivity contribution in [3.8, 4) is 0 Å². The third-order valence-corrected chi connectivity index (χ3v) is 6.10. The molecule has 0 unspecified atom stereocenters. The molecule has 1 aromatic carbocycles. The Morgan fingerprint density at radius 1 is 1.04 bits per heavy atom. The van der Waals surface area contributed by atoms with E-state index in [1.807, 2.05) is 0 Å². The average molecular weight is 346 g/mol. The number of amides is 1. The van der Waals surface area contributed by atoms with Crippen LogP contribution in [0.25, 0.3) is 0 Å². The molecule has 1 heterocycles. The van der Waals surface area contributed by atoms with Crippen LogP contribution in [0.3, 0.4) is 0 Å². The molecule has 0 radical (unpaired) electrons. The predicted octanol–water partition coefficient (Wildman–Crippen LogP) is 0.198. The van der Waals surface area contributed by atoms with Gasteiger partial charge in [0.05, 0.1) is 0 Å². The monoisotopic (exact) mass is 345 g/mol. The zero-order chi connectivity index (χ0) is 17.5. The number of benzene rings is 1. The number of hydrogen-bond acceptors (Lipinski definition) is 1. The molecule has 1 saturated heterocycles. The van der Waals surface area contributed by atoms with Gasteiger partial charge in [0.1, 0.15) is 32.7 Å². The maximum absolute atomic E-state index is 12.7. The van der Waals surface area contributed by atoms with E-state index in [9.17, 15) is 4.79 Å². The van der Waals surface area contributed by atoms with Crippen molar-refractivity contribution in [3.05, 3.63) is 35.9 Å². The summed E-state index contributed by atoms with van der Waals surface area (Å²) in [5.41, 5.74) is 1.42. The molecule has 2 aliphatic rings. The molecule has 0 bridgehead atoms. The lowest BCUT2D eigenvalue weighted by atomic mass is 10.1. The molecule has 138 valence electrons. The fourth-order valence-electron chi connectivity index (χ4n) is 4.35. The van der Waals surface area contributed by atoms with E-state index >= 15 is 0 Å². The van der Waals surface area contributed by atoms with E-state index in [-0.39, 0.29) is 11.9 Å². The summed E-state index contributed by atoms with van der Waals surface area (Å²) in [6, 6.07) is 11.3. The molecule has 3 N–H and O–H groups in total. The normalized spacial score (nSPS) is 26.6. The molecular weight excluding hydrogens is 310 g/mol.